The Labute approximate surface area is 141 Å². The largest absolute Gasteiger partial charge is 0.479 e. The van der Waals surface area contributed by atoms with Crippen molar-refractivity contribution >= 4 is 5.91 Å². The van der Waals surface area contributed by atoms with Crippen molar-refractivity contribution in [3.63, 3.8) is 0 Å². The number of ether oxygens (including phenoxy) is 1. The topological polar surface area (TPSA) is 82.3 Å². The number of nitriles is 1. The van der Waals surface area contributed by atoms with Gasteiger partial charge in [0.15, 0.2) is 6.61 Å². The zero-order valence-electron chi connectivity index (χ0n) is 13.5. The van der Waals surface area contributed by atoms with Gasteiger partial charge in [0.05, 0.1) is 12.5 Å². The van der Waals surface area contributed by atoms with Crippen LogP contribution < -0.4 is 10.1 Å². The minimum absolute atomic E-state index is 0.0295. The Morgan fingerprint density at radius 1 is 1.29 bits per heavy atom. The molecule has 1 atom stereocenters. The molecule has 2 aromatic carbocycles. The Kier molecular flexibility index (Phi) is 6.35. The van der Waals surface area contributed by atoms with Crippen molar-refractivity contribution in [2.24, 2.45) is 0 Å². The van der Waals surface area contributed by atoms with Crippen molar-refractivity contribution in [2.75, 3.05) is 13.2 Å². The number of aryl methyl sites for hydroxylation is 1. The van der Waals surface area contributed by atoms with Crippen molar-refractivity contribution in [1.29, 1.82) is 5.26 Å². The van der Waals surface area contributed by atoms with Crippen LogP contribution in [0.2, 0.25) is 0 Å². The summed E-state index contributed by atoms with van der Waals surface area (Å²) >= 11 is 0. The summed E-state index contributed by atoms with van der Waals surface area (Å²) in [4.78, 5) is 12.0. The molecule has 5 nitrogen and oxygen atoms in total. The first kappa shape index (κ1) is 17.5. The van der Waals surface area contributed by atoms with Crippen LogP contribution in [0.25, 0.3) is 0 Å². The third-order valence-electron chi connectivity index (χ3n) is 3.61. The number of carbonyl (C=O) groups excluding carboxylic acids is 1. The molecule has 0 heterocycles. The van der Waals surface area contributed by atoms with Crippen LogP contribution in [0, 0.1) is 18.3 Å². The summed E-state index contributed by atoms with van der Waals surface area (Å²) < 4.78 is 5.21. The van der Waals surface area contributed by atoms with Gasteiger partial charge >= 0.3 is 0 Å². The van der Waals surface area contributed by atoms with Gasteiger partial charge in [0.2, 0.25) is 5.91 Å². The molecule has 0 fully saturated rings. The first-order valence-corrected chi connectivity index (χ1v) is 7.69. The molecule has 2 rings (SSSR count). The maximum Gasteiger partial charge on any atom is 0.224 e. The fourth-order valence-electron chi connectivity index (χ4n) is 2.39. The van der Waals surface area contributed by atoms with E-state index in [0.29, 0.717) is 5.75 Å². The Balaban J connectivity index is 1.87. The van der Waals surface area contributed by atoms with Crippen LogP contribution in [-0.4, -0.2) is 24.2 Å². The molecule has 0 bridgehead atoms. The van der Waals surface area contributed by atoms with Crippen molar-refractivity contribution in [3.8, 4) is 11.8 Å². The highest BCUT2D eigenvalue weighted by Gasteiger charge is 2.12. The van der Waals surface area contributed by atoms with Gasteiger partial charge in [-0.2, -0.15) is 5.26 Å². The van der Waals surface area contributed by atoms with Gasteiger partial charge in [0, 0.05) is 6.54 Å². The van der Waals surface area contributed by atoms with Crippen LogP contribution in [0.3, 0.4) is 0 Å². The molecule has 0 radical (unpaired) electrons. The molecule has 2 aromatic rings. The first-order valence-electron chi connectivity index (χ1n) is 7.69. The molecule has 0 aliphatic heterocycles. The molecular weight excluding hydrogens is 304 g/mol. The number of hydrogen-bond donors (Lipinski definition) is 2. The highest BCUT2D eigenvalue weighted by Crippen LogP contribution is 2.17. The Morgan fingerprint density at radius 2 is 2.08 bits per heavy atom. The van der Waals surface area contributed by atoms with Gasteiger partial charge in [-0.05, 0) is 35.7 Å². The number of amides is 1. The lowest BCUT2D eigenvalue weighted by Gasteiger charge is -2.14. The van der Waals surface area contributed by atoms with E-state index >= 15 is 0 Å². The average molecular weight is 324 g/mol. The molecule has 0 aromatic heterocycles. The third-order valence-corrected chi connectivity index (χ3v) is 3.61. The van der Waals surface area contributed by atoms with Crippen LogP contribution in [0.4, 0.5) is 0 Å². The minimum Gasteiger partial charge on any atom is -0.479 e. The lowest BCUT2D eigenvalue weighted by atomic mass is 10.0. The number of aliphatic hydroxyl groups is 1. The summed E-state index contributed by atoms with van der Waals surface area (Å²) in [5.41, 5.74) is 2.58. The van der Waals surface area contributed by atoms with Crippen molar-refractivity contribution in [2.45, 2.75) is 19.4 Å². The summed E-state index contributed by atoms with van der Waals surface area (Å²) in [5, 5.41) is 21.4. The second kappa shape index (κ2) is 8.70. The van der Waals surface area contributed by atoms with E-state index in [1.54, 1.807) is 18.2 Å². The molecule has 1 amide bonds. The van der Waals surface area contributed by atoms with Gasteiger partial charge in [0.25, 0.3) is 0 Å². The third kappa shape index (κ3) is 5.11. The fraction of sp³-hybridized carbons (Fsp3) is 0.263. The highest BCUT2D eigenvalue weighted by molar-refractivity contribution is 5.78. The van der Waals surface area contributed by atoms with Crippen LogP contribution >= 0.6 is 0 Å². The summed E-state index contributed by atoms with van der Waals surface area (Å²) in [6.07, 6.45) is -0.551. The van der Waals surface area contributed by atoms with Crippen molar-refractivity contribution in [3.05, 3.63) is 65.2 Å². The second-order valence-corrected chi connectivity index (χ2v) is 5.45. The van der Waals surface area contributed by atoms with Gasteiger partial charge in [-0.1, -0.05) is 36.4 Å². The van der Waals surface area contributed by atoms with E-state index in [2.05, 4.69) is 5.32 Å². The van der Waals surface area contributed by atoms with Gasteiger partial charge in [-0.3, -0.25) is 4.79 Å². The number of rotatable bonds is 7. The summed E-state index contributed by atoms with van der Waals surface area (Å²) in [7, 11) is 0. The number of carbonyl (C=O) groups is 1. The van der Waals surface area contributed by atoms with Gasteiger partial charge in [-0.15, -0.1) is 0 Å². The molecule has 124 valence electrons. The lowest BCUT2D eigenvalue weighted by molar-refractivity contribution is -0.120. The molecule has 0 aliphatic rings. The summed E-state index contributed by atoms with van der Waals surface area (Å²) in [5.74, 6) is 0.377. The van der Waals surface area contributed by atoms with E-state index in [1.165, 1.54) is 0 Å². The second-order valence-electron chi connectivity index (χ2n) is 5.45. The summed E-state index contributed by atoms with van der Waals surface area (Å²) in [6.45, 7) is 2.06. The van der Waals surface area contributed by atoms with E-state index in [9.17, 15) is 9.90 Å². The van der Waals surface area contributed by atoms with Crippen LogP contribution in [-0.2, 0) is 11.2 Å². The van der Waals surface area contributed by atoms with Gasteiger partial charge < -0.3 is 15.2 Å². The van der Waals surface area contributed by atoms with Crippen LogP contribution in [0.5, 0.6) is 5.75 Å². The Bertz CT molecular complexity index is 737. The first-order chi connectivity index (χ1) is 11.6. The van der Waals surface area contributed by atoms with Crippen molar-refractivity contribution in [1.82, 2.24) is 5.32 Å². The molecule has 5 heteroatoms. The lowest BCUT2D eigenvalue weighted by Crippen LogP contribution is -2.29. The van der Waals surface area contributed by atoms with Crippen molar-refractivity contribution < 1.29 is 14.6 Å². The number of aliphatic hydroxyl groups excluding tert-OH is 1. The highest BCUT2D eigenvalue weighted by atomic mass is 16.5. The predicted octanol–water partition coefficient (Wildman–Crippen LogP) is 2.29. The van der Waals surface area contributed by atoms with Gasteiger partial charge in [-0.25, -0.2) is 0 Å². The van der Waals surface area contributed by atoms with E-state index in [-0.39, 0.29) is 25.5 Å². The van der Waals surface area contributed by atoms with Crippen LogP contribution in [0.1, 0.15) is 22.8 Å². The van der Waals surface area contributed by atoms with E-state index in [4.69, 9.17) is 10.00 Å². The van der Waals surface area contributed by atoms with Crippen LogP contribution in [0.15, 0.2) is 48.5 Å². The monoisotopic (exact) mass is 324 g/mol. The average Bonchev–Trinajstić information content (AvgIpc) is 2.58. The molecule has 0 aliphatic carbocycles. The minimum atomic E-state index is -0.736. The molecule has 2 N–H and O–H groups in total. The molecule has 0 saturated carbocycles. The molecule has 24 heavy (non-hydrogen) atoms. The normalized spacial score (nSPS) is 11.4. The number of nitrogens with one attached hydrogen (secondary N) is 1. The zero-order chi connectivity index (χ0) is 17.4. The number of nitrogens with zero attached hydrogens (tertiary/aromatic N) is 1. The maximum absolute atomic E-state index is 12.0. The SMILES string of the molecule is Cc1ccccc1C(O)CNC(=O)Cc1cccc(OCC#N)c1. The standard InChI is InChI=1S/C19H20N2O3/c1-14-5-2-3-8-17(14)18(22)13-21-19(23)12-15-6-4-7-16(11-15)24-10-9-20/h2-8,11,18,22H,10,12-13H2,1H3,(H,21,23). The molecule has 1 unspecified atom stereocenters. The Morgan fingerprint density at radius 3 is 2.83 bits per heavy atom. The van der Waals surface area contributed by atoms with E-state index < -0.39 is 6.10 Å². The fourth-order valence-corrected chi connectivity index (χ4v) is 2.39. The number of benzene rings is 2. The number of hydrogen-bond acceptors (Lipinski definition) is 4. The summed E-state index contributed by atoms with van der Waals surface area (Å²) in [6, 6.07) is 16.5. The molecule has 0 spiro atoms. The quantitative estimate of drug-likeness (QED) is 0.818. The molecule has 0 saturated heterocycles. The Hall–Kier alpha value is -2.84. The predicted molar refractivity (Wildman–Crippen MR) is 90.4 cm³/mol. The zero-order valence-corrected chi connectivity index (χ0v) is 13.5. The maximum atomic E-state index is 12.0. The van der Waals surface area contributed by atoms with E-state index in [1.807, 2.05) is 43.3 Å². The van der Waals surface area contributed by atoms with E-state index in [0.717, 1.165) is 16.7 Å². The molecular formula is C19H20N2O3. The smallest absolute Gasteiger partial charge is 0.224 e. The van der Waals surface area contributed by atoms with Gasteiger partial charge in [0.1, 0.15) is 11.8 Å².